The number of likely N-dealkylation sites (N-methyl/N-ethyl adjacent to an activating group) is 1. The Morgan fingerprint density at radius 2 is 2.04 bits per heavy atom. The summed E-state index contributed by atoms with van der Waals surface area (Å²) in [5.74, 6) is 0.314. The Morgan fingerprint density at radius 1 is 1.32 bits per heavy atom. The number of hydrogen-bond acceptors (Lipinski definition) is 5. The third-order valence-electron chi connectivity index (χ3n) is 3.40. The number of rotatable bonds is 7. The minimum atomic E-state index is -0.578. The Bertz CT molecular complexity index is 765. The maximum absolute atomic E-state index is 12.0. The van der Waals surface area contributed by atoms with Crippen LogP contribution >= 0.6 is 23.4 Å². The van der Waals surface area contributed by atoms with Crippen LogP contribution in [0.1, 0.15) is 13.8 Å². The summed E-state index contributed by atoms with van der Waals surface area (Å²) >= 11 is 7.44. The number of carbonyl (C=O) groups excluding carboxylic acids is 2. The zero-order valence-corrected chi connectivity index (χ0v) is 15.8. The molecule has 2 aromatic rings. The first-order valence-corrected chi connectivity index (χ1v) is 9.14. The fraction of sp³-hybridized carbons (Fsp3) is 0.375. The van der Waals surface area contributed by atoms with Crippen molar-refractivity contribution in [2.24, 2.45) is 7.05 Å². The summed E-state index contributed by atoms with van der Waals surface area (Å²) in [5, 5.41) is 14.7. The van der Waals surface area contributed by atoms with E-state index in [1.54, 1.807) is 17.6 Å². The van der Waals surface area contributed by atoms with Gasteiger partial charge in [0, 0.05) is 19.2 Å². The fourth-order valence-electron chi connectivity index (χ4n) is 2.12. The van der Waals surface area contributed by atoms with E-state index in [0.717, 1.165) is 5.56 Å². The van der Waals surface area contributed by atoms with E-state index in [0.29, 0.717) is 22.5 Å². The van der Waals surface area contributed by atoms with Gasteiger partial charge in [0.15, 0.2) is 11.0 Å². The average Bonchev–Trinajstić information content (AvgIpc) is 2.94. The highest BCUT2D eigenvalue weighted by molar-refractivity contribution is 7.99. The van der Waals surface area contributed by atoms with Crippen LogP contribution in [0.3, 0.4) is 0 Å². The summed E-state index contributed by atoms with van der Waals surface area (Å²) in [7, 11) is 1.82. The molecular formula is C16H20ClN5O2S. The molecule has 25 heavy (non-hydrogen) atoms. The maximum atomic E-state index is 12.0. The zero-order valence-electron chi connectivity index (χ0n) is 14.2. The van der Waals surface area contributed by atoms with Crippen LogP contribution in [0.5, 0.6) is 0 Å². The highest BCUT2D eigenvalue weighted by Gasteiger charge is 2.17. The van der Waals surface area contributed by atoms with Gasteiger partial charge >= 0.3 is 0 Å². The van der Waals surface area contributed by atoms with Crippen LogP contribution in [0.25, 0.3) is 11.4 Å². The molecule has 134 valence electrons. The number of carbonyl (C=O) groups is 2. The van der Waals surface area contributed by atoms with Gasteiger partial charge in [-0.15, -0.1) is 10.2 Å². The largest absolute Gasteiger partial charge is 0.355 e. The Balaban J connectivity index is 1.97. The van der Waals surface area contributed by atoms with Gasteiger partial charge in [-0.25, -0.2) is 0 Å². The van der Waals surface area contributed by atoms with Gasteiger partial charge in [-0.1, -0.05) is 35.5 Å². The van der Waals surface area contributed by atoms with E-state index in [2.05, 4.69) is 20.8 Å². The Morgan fingerprint density at radius 3 is 2.72 bits per heavy atom. The summed E-state index contributed by atoms with van der Waals surface area (Å²) in [5.41, 5.74) is 0.778. The zero-order chi connectivity index (χ0) is 18.4. The first-order chi connectivity index (χ1) is 11.9. The molecule has 1 aromatic heterocycles. The molecule has 0 radical (unpaired) electrons. The number of nitrogens with zero attached hydrogens (tertiary/aromatic N) is 3. The van der Waals surface area contributed by atoms with Crippen molar-refractivity contribution in [2.45, 2.75) is 25.0 Å². The number of thioether (sulfide) groups is 1. The van der Waals surface area contributed by atoms with Crippen molar-refractivity contribution in [3.8, 4) is 11.4 Å². The summed E-state index contributed by atoms with van der Waals surface area (Å²) in [6, 6.07) is 6.79. The molecule has 2 N–H and O–H groups in total. The van der Waals surface area contributed by atoms with Crippen molar-refractivity contribution < 1.29 is 9.59 Å². The van der Waals surface area contributed by atoms with Crippen molar-refractivity contribution >= 4 is 35.2 Å². The summed E-state index contributed by atoms with van der Waals surface area (Å²) in [6.07, 6.45) is 0. The highest BCUT2D eigenvalue weighted by atomic mass is 35.5. The van der Waals surface area contributed by atoms with E-state index in [1.165, 1.54) is 11.8 Å². The lowest BCUT2D eigenvalue weighted by molar-refractivity contribution is -0.127. The van der Waals surface area contributed by atoms with E-state index in [9.17, 15) is 9.59 Å². The Kier molecular flexibility index (Phi) is 6.83. The number of hydrogen-bond donors (Lipinski definition) is 2. The molecule has 0 aliphatic carbocycles. The predicted octanol–water partition coefficient (Wildman–Crippen LogP) is 1.87. The van der Waals surface area contributed by atoms with E-state index < -0.39 is 6.04 Å². The minimum Gasteiger partial charge on any atom is -0.355 e. The monoisotopic (exact) mass is 381 g/mol. The highest BCUT2D eigenvalue weighted by Crippen LogP contribution is 2.28. The molecule has 2 rings (SSSR count). The maximum Gasteiger partial charge on any atom is 0.242 e. The van der Waals surface area contributed by atoms with Crippen LogP contribution in [-0.2, 0) is 16.6 Å². The molecule has 0 spiro atoms. The van der Waals surface area contributed by atoms with Crippen molar-refractivity contribution in [3.05, 3.63) is 29.3 Å². The van der Waals surface area contributed by atoms with E-state index in [1.807, 2.05) is 32.2 Å². The van der Waals surface area contributed by atoms with Gasteiger partial charge in [-0.05, 0) is 26.0 Å². The SMILES string of the molecule is CCNC(=O)[C@H](C)NC(=O)CSc1nnc(-c2ccccc2Cl)n1C. The number of benzene rings is 1. The second-order valence-electron chi connectivity index (χ2n) is 5.32. The fourth-order valence-corrected chi connectivity index (χ4v) is 3.07. The molecule has 9 heteroatoms. The lowest BCUT2D eigenvalue weighted by Gasteiger charge is -2.13. The van der Waals surface area contributed by atoms with Gasteiger partial charge < -0.3 is 15.2 Å². The Hall–Kier alpha value is -2.06. The molecule has 0 fully saturated rings. The van der Waals surface area contributed by atoms with Crippen molar-refractivity contribution in [3.63, 3.8) is 0 Å². The first kappa shape index (κ1) is 19.3. The molecule has 0 aliphatic heterocycles. The molecule has 2 amide bonds. The lowest BCUT2D eigenvalue weighted by Crippen LogP contribution is -2.45. The van der Waals surface area contributed by atoms with Crippen LogP contribution < -0.4 is 10.6 Å². The molecule has 1 heterocycles. The van der Waals surface area contributed by atoms with Crippen LogP contribution in [0.4, 0.5) is 0 Å². The number of nitrogens with one attached hydrogen (secondary N) is 2. The third kappa shape index (κ3) is 4.96. The third-order valence-corrected chi connectivity index (χ3v) is 4.75. The quantitative estimate of drug-likeness (QED) is 0.715. The molecule has 0 saturated heterocycles. The van der Waals surface area contributed by atoms with Crippen LogP contribution in [-0.4, -0.2) is 44.9 Å². The van der Waals surface area contributed by atoms with E-state index in [4.69, 9.17) is 11.6 Å². The topological polar surface area (TPSA) is 88.9 Å². The number of halogens is 1. The van der Waals surface area contributed by atoms with E-state index in [-0.39, 0.29) is 17.6 Å². The number of amides is 2. The van der Waals surface area contributed by atoms with Gasteiger partial charge in [-0.2, -0.15) is 0 Å². The molecule has 1 aromatic carbocycles. The molecule has 7 nitrogen and oxygen atoms in total. The smallest absolute Gasteiger partial charge is 0.242 e. The molecule has 0 bridgehead atoms. The van der Waals surface area contributed by atoms with Crippen molar-refractivity contribution in [2.75, 3.05) is 12.3 Å². The van der Waals surface area contributed by atoms with Crippen LogP contribution in [0.15, 0.2) is 29.4 Å². The van der Waals surface area contributed by atoms with Gasteiger partial charge in [0.05, 0.1) is 10.8 Å². The Labute approximate surface area is 155 Å². The van der Waals surface area contributed by atoms with E-state index >= 15 is 0 Å². The second kappa shape index (κ2) is 8.87. The van der Waals surface area contributed by atoms with Gasteiger partial charge in [-0.3, -0.25) is 9.59 Å². The van der Waals surface area contributed by atoms with Crippen LogP contribution in [0.2, 0.25) is 5.02 Å². The standard InChI is InChI=1S/C16H20ClN5O2S/c1-4-18-15(24)10(2)19-13(23)9-25-16-21-20-14(22(16)3)11-7-5-6-8-12(11)17/h5-8,10H,4,9H2,1-3H3,(H,18,24)(H,19,23)/t10-/m0/s1. The predicted molar refractivity (Wildman–Crippen MR) is 98.5 cm³/mol. The minimum absolute atomic E-state index is 0.137. The van der Waals surface area contributed by atoms with Crippen LogP contribution in [0, 0.1) is 0 Å². The molecule has 0 unspecified atom stereocenters. The van der Waals surface area contributed by atoms with Crippen molar-refractivity contribution in [1.82, 2.24) is 25.4 Å². The summed E-state index contributed by atoms with van der Waals surface area (Å²) < 4.78 is 1.78. The van der Waals surface area contributed by atoms with Gasteiger partial charge in [0.2, 0.25) is 11.8 Å². The summed E-state index contributed by atoms with van der Waals surface area (Å²) in [6.45, 7) is 4.00. The normalized spacial score (nSPS) is 11.8. The van der Waals surface area contributed by atoms with Crippen molar-refractivity contribution in [1.29, 1.82) is 0 Å². The summed E-state index contributed by atoms with van der Waals surface area (Å²) in [4.78, 5) is 23.6. The molecular weight excluding hydrogens is 362 g/mol. The first-order valence-electron chi connectivity index (χ1n) is 7.78. The number of aromatic nitrogens is 3. The second-order valence-corrected chi connectivity index (χ2v) is 6.67. The molecule has 1 atom stereocenters. The molecule has 0 aliphatic rings. The van der Waals surface area contributed by atoms with Gasteiger partial charge in [0.25, 0.3) is 0 Å². The van der Waals surface area contributed by atoms with Gasteiger partial charge in [0.1, 0.15) is 6.04 Å². The average molecular weight is 382 g/mol. The lowest BCUT2D eigenvalue weighted by atomic mass is 10.2. The molecule has 0 saturated carbocycles.